The lowest BCUT2D eigenvalue weighted by atomic mass is 10.1. The number of nitro benzene ring substituents is 1. The van der Waals surface area contributed by atoms with Crippen LogP contribution in [-0.4, -0.2) is 43.9 Å². The Kier molecular flexibility index (Phi) is 5.13. The van der Waals surface area contributed by atoms with E-state index >= 15 is 0 Å². The first-order chi connectivity index (χ1) is 11.1. The summed E-state index contributed by atoms with van der Waals surface area (Å²) in [5.74, 6) is 0.534. The maximum atomic E-state index is 11.3. The van der Waals surface area contributed by atoms with E-state index in [1.807, 2.05) is 19.1 Å². The molecule has 6 nitrogen and oxygen atoms in total. The van der Waals surface area contributed by atoms with Crippen molar-refractivity contribution in [2.24, 2.45) is 5.92 Å². The minimum atomic E-state index is -0.287. The molecule has 2 fully saturated rings. The fraction of sp³-hybridized carbons (Fsp3) is 0.647. The number of ether oxygens (including phenoxy) is 2. The topological polar surface area (TPSA) is 64.8 Å². The number of rotatable bonds is 5. The van der Waals surface area contributed by atoms with Gasteiger partial charge in [0.05, 0.1) is 24.2 Å². The van der Waals surface area contributed by atoms with E-state index in [4.69, 9.17) is 9.47 Å². The molecule has 3 rings (SSSR count). The van der Waals surface area contributed by atoms with Crippen LogP contribution in [0.3, 0.4) is 0 Å². The molecule has 1 aromatic rings. The highest BCUT2D eigenvalue weighted by Crippen LogP contribution is 2.31. The Bertz CT molecular complexity index is 550. The molecular formula is C17H24N2O4. The number of piperidine rings is 1. The van der Waals surface area contributed by atoms with E-state index in [1.54, 1.807) is 6.07 Å². The quantitative estimate of drug-likeness (QED) is 0.616. The predicted molar refractivity (Wildman–Crippen MR) is 87.9 cm³/mol. The molecule has 1 atom stereocenters. The van der Waals surface area contributed by atoms with Gasteiger partial charge in [0.1, 0.15) is 5.69 Å². The Labute approximate surface area is 136 Å². The standard InChI is InChI=1S/C17H24N2O4/c1-13-2-3-16(17(10-13)19(20)21)18-7-4-15(5-8-18)23-12-14-6-9-22-11-14/h2-3,10,14-15H,4-9,11-12H2,1H3. The molecule has 0 bridgehead atoms. The van der Waals surface area contributed by atoms with Crippen molar-refractivity contribution in [2.45, 2.75) is 32.3 Å². The smallest absolute Gasteiger partial charge is 0.292 e. The third-order valence-corrected chi connectivity index (χ3v) is 4.70. The molecule has 2 saturated heterocycles. The van der Waals surface area contributed by atoms with Crippen molar-refractivity contribution in [1.29, 1.82) is 0 Å². The normalized spacial score (nSPS) is 22.5. The second-order valence-corrected chi connectivity index (χ2v) is 6.50. The van der Waals surface area contributed by atoms with E-state index in [-0.39, 0.29) is 16.7 Å². The molecule has 0 spiro atoms. The van der Waals surface area contributed by atoms with Crippen LogP contribution in [0.2, 0.25) is 0 Å². The van der Waals surface area contributed by atoms with Gasteiger partial charge in [0.15, 0.2) is 0 Å². The van der Waals surface area contributed by atoms with Crippen LogP contribution in [0.15, 0.2) is 18.2 Å². The van der Waals surface area contributed by atoms with E-state index in [0.717, 1.165) is 63.4 Å². The lowest BCUT2D eigenvalue weighted by Crippen LogP contribution is -2.38. The van der Waals surface area contributed by atoms with Crippen LogP contribution in [0.4, 0.5) is 11.4 Å². The summed E-state index contributed by atoms with van der Waals surface area (Å²) in [4.78, 5) is 13.1. The molecule has 1 unspecified atom stereocenters. The Morgan fingerprint density at radius 2 is 2.13 bits per heavy atom. The first-order valence-corrected chi connectivity index (χ1v) is 8.33. The fourth-order valence-electron chi connectivity index (χ4n) is 3.30. The van der Waals surface area contributed by atoms with Gasteiger partial charge < -0.3 is 14.4 Å². The van der Waals surface area contributed by atoms with E-state index in [0.29, 0.717) is 5.92 Å². The van der Waals surface area contributed by atoms with Gasteiger partial charge in [-0.25, -0.2) is 0 Å². The Morgan fingerprint density at radius 3 is 2.78 bits per heavy atom. The Morgan fingerprint density at radius 1 is 1.35 bits per heavy atom. The summed E-state index contributed by atoms with van der Waals surface area (Å²) in [7, 11) is 0. The average molecular weight is 320 g/mol. The summed E-state index contributed by atoms with van der Waals surface area (Å²) < 4.78 is 11.4. The highest BCUT2D eigenvalue weighted by atomic mass is 16.6. The van der Waals surface area contributed by atoms with Crippen LogP contribution in [-0.2, 0) is 9.47 Å². The van der Waals surface area contributed by atoms with Crippen molar-refractivity contribution in [3.05, 3.63) is 33.9 Å². The van der Waals surface area contributed by atoms with Crippen LogP contribution in [0, 0.1) is 23.0 Å². The lowest BCUT2D eigenvalue weighted by molar-refractivity contribution is -0.384. The van der Waals surface area contributed by atoms with Gasteiger partial charge in [0.25, 0.3) is 5.69 Å². The van der Waals surface area contributed by atoms with Crippen LogP contribution in [0.5, 0.6) is 0 Å². The van der Waals surface area contributed by atoms with Gasteiger partial charge in [-0.1, -0.05) is 6.07 Å². The molecule has 0 saturated carbocycles. The zero-order valence-electron chi connectivity index (χ0n) is 13.6. The van der Waals surface area contributed by atoms with E-state index < -0.39 is 0 Å². The Hall–Kier alpha value is -1.66. The van der Waals surface area contributed by atoms with Crippen molar-refractivity contribution >= 4 is 11.4 Å². The molecule has 0 aromatic heterocycles. The molecule has 1 aromatic carbocycles. The number of nitrogens with zero attached hydrogens (tertiary/aromatic N) is 2. The zero-order valence-corrected chi connectivity index (χ0v) is 13.6. The van der Waals surface area contributed by atoms with Gasteiger partial charge in [0, 0.05) is 31.7 Å². The second kappa shape index (κ2) is 7.27. The molecule has 2 aliphatic heterocycles. The summed E-state index contributed by atoms with van der Waals surface area (Å²) in [6.45, 7) is 5.92. The molecule has 0 aliphatic carbocycles. The first-order valence-electron chi connectivity index (χ1n) is 8.33. The van der Waals surface area contributed by atoms with Crippen molar-refractivity contribution < 1.29 is 14.4 Å². The maximum absolute atomic E-state index is 11.3. The van der Waals surface area contributed by atoms with Gasteiger partial charge >= 0.3 is 0 Å². The minimum absolute atomic E-state index is 0.201. The molecule has 126 valence electrons. The number of nitro groups is 1. The first kappa shape index (κ1) is 16.2. The number of aryl methyl sites for hydroxylation is 1. The van der Waals surface area contributed by atoms with Gasteiger partial charge in [-0.2, -0.15) is 0 Å². The highest BCUT2D eigenvalue weighted by molar-refractivity contribution is 5.64. The Balaban J connectivity index is 1.55. The van der Waals surface area contributed by atoms with Crippen molar-refractivity contribution in [2.75, 3.05) is 37.8 Å². The van der Waals surface area contributed by atoms with Crippen LogP contribution in [0.25, 0.3) is 0 Å². The number of anilines is 1. The third kappa shape index (κ3) is 4.00. The van der Waals surface area contributed by atoms with Crippen molar-refractivity contribution in [1.82, 2.24) is 0 Å². The van der Waals surface area contributed by atoms with Gasteiger partial charge in [0.2, 0.25) is 0 Å². The molecular weight excluding hydrogens is 296 g/mol. The lowest BCUT2D eigenvalue weighted by Gasteiger charge is -2.33. The molecule has 0 N–H and O–H groups in total. The van der Waals surface area contributed by atoms with E-state index in [2.05, 4.69) is 4.90 Å². The van der Waals surface area contributed by atoms with Crippen molar-refractivity contribution in [3.8, 4) is 0 Å². The average Bonchev–Trinajstić information content (AvgIpc) is 3.07. The molecule has 2 heterocycles. The predicted octanol–water partition coefficient (Wildman–Crippen LogP) is 2.93. The molecule has 0 radical (unpaired) electrons. The highest BCUT2D eigenvalue weighted by Gasteiger charge is 2.26. The molecule has 6 heteroatoms. The molecule has 0 amide bonds. The number of hydrogen-bond donors (Lipinski definition) is 0. The van der Waals surface area contributed by atoms with E-state index in [9.17, 15) is 10.1 Å². The number of hydrogen-bond acceptors (Lipinski definition) is 5. The summed E-state index contributed by atoms with van der Waals surface area (Å²) in [5.41, 5.74) is 1.84. The minimum Gasteiger partial charge on any atom is -0.381 e. The summed E-state index contributed by atoms with van der Waals surface area (Å²) >= 11 is 0. The summed E-state index contributed by atoms with van der Waals surface area (Å²) in [5, 5.41) is 11.3. The largest absolute Gasteiger partial charge is 0.381 e. The van der Waals surface area contributed by atoms with E-state index in [1.165, 1.54) is 0 Å². The van der Waals surface area contributed by atoms with Gasteiger partial charge in [-0.05, 0) is 37.8 Å². The van der Waals surface area contributed by atoms with Crippen LogP contribution >= 0.6 is 0 Å². The zero-order chi connectivity index (χ0) is 16.2. The summed E-state index contributed by atoms with van der Waals surface area (Å²) in [6.07, 6.45) is 3.18. The summed E-state index contributed by atoms with van der Waals surface area (Å²) in [6, 6.07) is 5.45. The van der Waals surface area contributed by atoms with Crippen LogP contribution < -0.4 is 4.90 Å². The third-order valence-electron chi connectivity index (χ3n) is 4.70. The molecule has 2 aliphatic rings. The van der Waals surface area contributed by atoms with Gasteiger partial charge in [-0.3, -0.25) is 10.1 Å². The number of benzene rings is 1. The maximum Gasteiger partial charge on any atom is 0.292 e. The second-order valence-electron chi connectivity index (χ2n) is 6.50. The van der Waals surface area contributed by atoms with Gasteiger partial charge in [-0.15, -0.1) is 0 Å². The SMILES string of the molecule is Cc1ccc(N2CCC(OCC3CCOC3)CC2)c([N+](=O)[O-])c1. The fourth-order valence-corrected chi connectivity index (χ4v) is 3.30. The monoisotopic (exact) mass is 320 g/mol. The molecule has 23 heavy (non-hydrogen) atoms. The van der Waals surface area contributed by atoms with Crippen molar-refractivity contribution in [3.63, 3.8) is 0 Å². The van der Waals surface area contributed by atoms with Crippen LogP contribution in [0.1, 0.15) is 24.8 Å².